The summed E-state index contributed by atoms with van der Waals surface area (Å²) in [5, 5.41) is 5.61. The molecule has 0 spiro atoms. The van der Waals surface area contributed by atoms with Crippen molar-refractivity contribution in [2.75, 3.05) is 6.67 Å². The molecular formula is C17H19FN4OS. The van der Waals surface area contributed by atoms with Crippen molar-refractivity contribution >= 4 is 39.5 Å². The van der Waals surface area contributed by atoms with Crippen LogP contribution >= 0.6 is 11.3 Å². The monoisotopic (exact) mass is 346 g/mol. The predicted molar refractivity (Wildman–Crippen MR) is 95.5 cm³/mol. The topological polar surface area (TPSA) is 66.4 Å². The lowest BCUT2D eigenvalue weighted by Gasteiger charge is -2.17. The number of nitrogens with zero attached hydrogens (tertiary/aromatic N) is 2. The second-order valence-corrected chi connectivity index (χ2v) is 7.04. The van der Waals surface area contributed by atoms with Gasteiger partial charge in [0.15, 0.2) is 0 Å². The van der Waals surface area contributed by atoms with E-state index in [-0.39, 0.29) is 11.9 Å². The molecule has 126 valence electrons. The third-order valence-electron chi connectivity index (χ3n) is 3.64. The number of nitrogens with one attached hydrogen (secondary N) is 2. The van der Waals surface area contributed by atoms with Crippen LogP contribution in [0.2, 0.25) is 0 Å². The Kier molecular flexibility index (Phi) is 4.89. The van der Waals surface area contributed by atoms with Crippen molar-refractivity contribution in [3.8, 4) is 0 Å². The van der Waals surface area contributed by atoms with Gasteiger partial charge in [-0.1, -0.05) is 19.9 Å². The number of carbonyl (C=O) groups excluding carboxylic acids is 1. The molecule has 2 N–H and O–H groups in total. The first kappa shape index (κ1) is 16.6. The van der Waals surface area contributed by atoms with Crippen molar-refractivity contribution < 1.29 is 9.18 Å². The van der Waals surface area contributed by atoms with Crippen LogP contribution < -0.4 is 10.6 Å². The number of hydrogen-bond acceptors (Lipinski definition) is 5. The number of amides is 1. The number of thiazole rings is 1. The molecule has 1 aromatic carbocycles. The summed E-state index contributed by atoms with van der Waals surface area (Å²) in [4.78, 5) is 20.5. The number of aliphatic imine (C=N–C) groups is 1. The van der Waals surface area contributed by atoms with Gasteiger partial charge < -0.3 is 5.32 Å². The molecule has 3 rings (SSSR count). The lowest BCUT2D eigenvalue weighted by molar-refractivity contribution is -0.115. The molecule has 7 heteroatoms. The first-order valence-corrected chi connectivity index (χ1v) is 8.70. The van der Waals surface area contributed by atoms with Crippen LogP contribution in [0.1, 0.15) is 25.8 Å². The fourth-order valence-electron chi connectivity index (χ4n) is 2.58. The van der Waals surface area contributed by atoms with E-state index in [1.165, 1.54) is 0 Å². The van der Waals surface area contributed by atoms with E-state index in [1.807, 2.05) is 32.0 Å². The molecule has 0 saturated heterocycles. The number of fused-ring (bicyclic) bond motifs is 1. The van der Waals surface area contributed by atoms with Crippen LogP contribution in [0.15, 0.2) is 34.4 Å². The van der Waals surface area contributed by atoms with Crippen LogP contribution in [0.25, 0.3) is 16.3 Å². The number of rotatable bonds is 5. The van der Waals surface area contributed by atoms with Gasteiger partial charge in [0, 0.05) is 0 Å². The van der Waals surface area contributed by atoms with E-state index in [0.717, 1.165) is 15.8 Å². The quantitative estimate of drug-likeness (QED) is 0.818. The summed E-state index contributed by atoms with van der Waals surface area (Å²) in [5.41, 5.74) is 3.91. The third kappa shape index (κ3) is 3.79. The van der Waals surface area contributed by atoms with Gasteiger partial charge in [-0.3, -0.25) is 10.1 Å². The second kappa shape index (κ2) is 7.09. The molecule has 0 aliphatic carbocycles. The highest BCUT2D eigenvalue weighted by molar-refractivity contribution is 7.16. The Morgan fingerprint density at radius 1 is 1.42 bits per heavy atom. The number of aromatic nitrogens is 1. The Balaban J connectivity index is 1.77. The average molecular weight is 346 g/mol. The first-order valence-electron chi connectivity index (χ1n) is 7.82. The van der Waals surface area contributed by atoms with Gasteiger partial charge in [0.1, 0.15) is 12.4 Å². The van der Waals surface area contributed by atoms with Crippen molar-refractivity contribution in [2.24, 2.45) is 10.9 Å². The van der Waals surface area contributed by atoms with E-state index in [0.29, 0.717) is 24.0 Å². The summed E-state index contributed by atoms with van der Waals surface area (Å²) in [6.07, 6.45) is 2.39. The van der Waals surface area contributed by atoms with E-state index in [1.54, 1.807) is 22.9 Å². The molecule has 1 aromatic heterocycles. The van der Waals surface area contributed by atoms with Gasteiger partial charge in [-0.25, -0.2) is 14.4 Å². The lowest BCUT2D eigenvalue weighted by atomic mass is 10.1. The number of benzene rings is 1. The average Bonchev–Trinajstić information content (AvgIpc) is 3.12. The number of guanidine groups is 1. The summed E-state index contributed by atoms with van der Waals surface area (Å²) in [6, 6.07) is 5.43. The molecule has 1 atom stereocenters. The van der Waals surface area contributed by atoms with E-state index >= 15 is 0 Å². The van der Waals surface area contributed by atoms with Crippen molar-refractivity contribution in [1.29, 1.82) is 0 Å². The minimum atomic E-state index is -0.506. The van der Waals surface area contributed by atoms with Crippen molar-refractivity contribution in [3.63, 3.8) is 0 Å². The number of hydrogen-bond donors (Lipinski definition) is 2. The molecule has 1 aliphatic rings. The van der Waals surface area contributed by atoms with Crippen LogP contribution in [0.4, 0.5) is 4.39 Å². The van der Waals surface area contributed by atoms with Crippen LogP contribution in [-0.2, 0) is 4.79 Å². The highest BCUT2D eigenvalue weighted by Crippen LogP contribution is 2.21. The summed E-state index contributed by atoms with van der Waals surface area (Å²) in [7, 11) is 0. The zero-order valence-corrected chi connectivity index (χ0v) is 14.4. The Labute approximate surface area is 143 Å². The van der Waals surface area contributed by atoms with Gasteiger partial charge in [0.25, 0.3) is 5.91 Å². The van der Waals surface area contributed by atoms with Crippen molar-refractivity contribution in [1.82, 2.24) is 15.6 Å². The minimum Gasteiger partial charge on any atom is -0.350 e. The highest BCUT2D eigenvalue weighted by atomic mass is 32.1. The Bertz CT molecular complexity index is 812. The van der Waals surface area contributed by atoms with Gasteiger partial charge in [0.2, 0.25) is 5.96 Å². The largest absolute Gasteiger partial charge is 0.350 e. The molecule has 1 aliphatic heterocycles. The third-order valence-corrected chi connectivity index (χ3v) is 4.43. The fourth-order valence-corrected chi connectivity index (χ4v) is 3.30. The number of carbonyl (C=O) groups is 1. The highest BCUT2D eigenvalue weighted by Gasteiger charge is 2.22. The molecule has 24 heavy (non-hydrogen) atoms. The van der Waals surface area contributed by atoms with Crippen molar-refractivity contribution in [2.45, 2.75) is 26.3 Å². The van der Waals surface area contributed by atoms with E-state index in [2.05, 4.69) is 20.6 Å². The summed E-state index contributed by atoms with van der Waals surface area (Å²) >= 11 is 1.55. The molecule has 1 amide bonds. The molecule has 5 nitrogen and oxygen atoms in total. The van der Waals surface area contributed by atoms with Gasteiger partial charge in [-0.2, -0.15) is 0 Å². The molecular weight excluding hydrogens is 327 g/mol. The maximum absolute atomic E-state index is 13.1. The second-order valence-electron chi connectivity index (χ2n) is 6.15. The lowest BCUT2D eigenvalue weighted by Crippen LogP contribution is -2.44. The maximum Gasteiger partial charge on any atom is 0.276 e. The van der Waals surface area contributed by atoms with E-state index < -0.39 is 6.67 Å². The maximum atomic E-state index is 13.1. The van der Waals surface area contributed by atoms with E-state index in [9.17, 15) is 9.18 Å². The first-order chi connectivity index (χ1) is 11.5. The molecule has 0 bridgehead atoms. The zero-order valence-electron chi connectivity index (χ0n) is 13.5. The van der Waals surface area contributed by atoms with Crippen LogP contribution in [0, 0.1) is 5.92 Å². The van der Waals surface area contributed by atoms with Gasteiger partial charge >= 0.3 is 0 Å². The van der Waals surface area contributed by atoms with Crippen LogP contribution in [0.5, 0.6) is 0 Å². The summed E-state index contributed by atoms with van der Waals surface area (Å²) in [6.45, 7) is 3.55. The Morgan fingerprint density at radius 2 is 2.25 bits per heavy atom. The fraction of sp³-hybridized carbons (Fsp3) is 0.353. The van der Waals surface area contributed by atoms with E-state index in [4.69, 9.17) is 0 Å². The Morgan fingerprint density at radius 3 is 3.00 bits per heavy atom. The summed E-state index contributed by atoms with van der Waals surface area (Å²) in [5.74, 6) is 0.384. The summed E-state index contributed by atoms with van der Waals surface area (Å²) < 4.78 is 14.1. The standard InChI is InChI=1S/C17H19FN4OS/c1-10(2)5-12(8-18)20-17-21-14(16(23)22-17)6-11-3-4-13-15(7-11)24-9-19-13/h3-4,6-7,9-10,12H,5,8H2,1-2H3,(H2,20,21,22,23)/b14-6-/t12-/m1/s1. The minimum absolute atomic E-state index is 0.288. The SMILES string of the molecule is CC(C)C[C@H](CF)NC1=N/C(=C\c2ccc3ncsc3c2)C(=O)N1. The van der Waals surface area contributed by atoms with Crippen LogP contribution in [-0.4, -0.2) is 29.6 Å². The molecule has 0 fully saturated rings. The van der Waals surface area contributed by atoms with Crippen LogP contribution in [0.3, 0.4) is 0 Å². The molecule has 2 aromatic rings. The molecule has 0 saturated carbocycles. The zero-order chi connectivity index (χ0) is 17.1. The molecule has 0 radical (unpaired) electrons. The van der Waals surface area contributed by atoms with Gasteiger partial charge in [0.05, 0.1) is 21.8 Å². The smallest absolute Gasteiger partial charge is 0.276 e. The number of alkyl halides is 1. The predicted octanol–water partition coefficient (Wildman–Crippen LogP) is 3.10. The Hall–Kier alpha value is -2.28. The molecule has 0 unspecified atom stereocenters. The number of halogens is 1. The van der Waals surface area contributed by atoms with Gasteiger partial charge in [-0.05, 0) is 36.1 Å². The normalized spacial score (nSPS) is 17.4. The molecule has 2 heterocycles. The van der Waals surface area contributed by atoms with Gasteiger partial charge in [-0.15, -0.1) is 11.3 Å². The van der Waals surface area contributed by atoms with Crippen molar-refractivity contribution in [3.05, 3.63) is 35.0 Å².